The summed E-state index contributed by atoms with van der Waals surface area (Å²) in [5.41, 5.74) is 9.79. The van der Waals surface area contributed by atoms with Crippen molar-refractivity contribution in [3.05, 3.63) is 152 Å². The monoisotopic (exact) mass is 815 g/mol. The van der Waals surface area contributed by atoms with E-state index >= 15 is 0 Å². The van der Waals surface area contributed by atoms with Gasteiger partial charge in [0.1, 0.15) is 11.4 Å². The van der Waals surface area contributed by atoms with Crippen LogP contribution in [-0.4, -0.2) is 21.5 Å². The average molecular weight is 816 g/mol. The van der Waals surface area contributed by atoms with Crippen LogP contribution in [0.5, 0.6) is 0 Å². The summed E-state index contributed by atoms with van der Waals surface area (Å²) in [7, 11) is 2.02. The molecule has 0 bridgehead atoms. The van der Waals surface area contributed by atoms with Crippen LogP contribution in [0.3, 0.4) is 0 Å². The van der Waals surface area contributed by atoms with Gasteiger partial charge in [0.2, 0.25) is 0 Å². The molecule has 0 atom stereocenters. The number of rotatable bonds is 3. The normalized spacial score (nSPS) is 15.0. The fraction of sp³-hybridized carbons (Fsp3) is 0.0952. The van der Waals surface area contributed by atoms with Gasteiger partial charge in [0, 0.05) is 49.4 Å². The molecule has 0 radical (unpaired) electrons. The molecule has 7 heteroatoms. The molecular weight excluding hydrogens is 786 g/mol. The van der Waals surface area contributed by atoms with Crippen molar-refractivity contribution in [3.8, 4) is 5.82 Å². The molecule has 0 spiro atoms. The van der Waals surface area contributed by atoms with Crippen LogP contribution >= 0.6 is 0 Å². The Labute approximate surface area is 298 Å². The summed E-state index contributed by atoms with van der Waals surface area (Å²) >= 11 is 0. The van der Waals surface area contributed by atoms with Crippen molar-refractivity contribution in [1.82, 2.24) is 14.5 Å². The van der Waals surface area contributed by atoms with Crippen LogP contribution in [0.2, 0.25) is 0 Å². The second kappa shape index (κ2) is 10.8. The smallest absolute Gasteiger partial charge is 0.135 e. The van der Waals surface area contributed by atoms with Gasteiger partial charge < -0.3 is 23.7 Å². The first-order valence-corrected chi connectivity index (χ1v) is 16.2. The Morgan fingerprint density at radius 3 is 2.33 bits per heavy atom. The van der Waals surface area contributed by atoms with E-state index in [1.165, 1.54) is 16.5 Å². The van der Waals surface area contributed by atoms with Crippen molar-refractivity contribution >= 4 is 66.5 Å². The maximum Gasteiger partial charge on any atom is 0.135 e. The van der Waals surface area contributed by atoms with Gasteiger partial charge in [-0.15, -0.1) is 29.1 Å². The topological polar surface area (TPSA) is 40.7 Å². The Balaban J connectivity index is 0.00000325. The zero-order valence-corrected chi connectivity index (χ0v) is 29.4. The second-order valence-corrected chi connectivity index (χ2v) is 13.1. The Hall–Kier alpha value is -5.32. The molecule has 0 aliphatic carbocycles. The van der Waals surface area contributed by atoms with Gasteiger partial charge in [-0.05, 0) is 66.1 Å². The third-order valence-electron chi connectivity index (χ3n) is 9.93. The van der Waals surface area contributed by atoms with Crippen LogP contribution in [0.1, 0.15) is 25.0 Å². The molecule has 2 aliphatic heterocycles. The number of nitrogens with zero attached hydrogens (tertiary/aromatic N) is 5. The summed E-state index contributed by atoms with van der Waals surface area (Å²) in [6.07, 6.45) is 5.93. The van der Waals surface area contributed by atoms with E-state index in [0.29, 0.717) is 0 Å². The number of anilines is 4. The van der Waals surface area contributed by atoms with E-state index in [-0.39, 0.29) is 26.5 Å². The van der Waals surface area contributed by atoms with E-state index in [1.54, 1.807) is 0 Å². The van der Waals surface area contributed by atoms with E-state index < -0.39 is 0 Å². The molecule has 242 valence electrons. The van der Waals surface area contributed by atoms with Crippen LogP contribution in [0.4, 0.5) is 22.7 Å². The SMILES string of the molecule is CN1C=CN(c2[c-]c(N3c4[c-]c5c(cc4C(C)(C)c4ccccc43)c3ccccc3n5-c3ccccn3)cc3c2oc2ccccc23)[CH-]1.[Pt]. The Kier molecular flexibility index (Phi) is 6.59. The van der Waals surface area contributed by atoms with Crippen LogP contribution in [0.15, 0.2) is 126 Å². The van der Waals surface area contributed by atoms with Crippen molar-refractivity contribution < 1.29 is 25.5 Å². The van der Waals surface area contributed by atoms with Crippen molar-refractivity contribution in [2.24, 2.45) is 0 Å². The van der Waals surface area contributed by atoms with Crippen molar-refractivity contribution in [3.63, 3.8) is 0 Å². The molecule has 0 saturated heterocycles. The Bertz CT molecular complexity index is 2620. The van der Waals surface area contributed by atoms with E-state index in [0.717, 1.165) is 66.9 Å². The van der Waals surface area contributed by atoms with Crippen LogP contribution < -0.4 is 9.80 Å². The number of para-hydroxylation sites is 3. The number of benzene rings is 5. The Morgan fingerprint density at radius 1 is 0.735 bits per heavy atom. The number of aromatic nitrogens is 2. The molecule has 0 amide bonds. The fourth-order valence-electron chi connectivity index (χ4n) is 7.64. The summed E-state index contributed by atoms with van der Waals surface area (Å²) in [5, 5.41) is 4.45. The van der Waals surface area contributed by atoms with Gasteiger partial charge in [0.05, 0.1) is 0 Å². The zero-order valence-electron chi connectivity index (χ0n) is 27.1. The van der Waals surface area contributed by atoms with E-state index in [1.807, 2.05) is 61.5 Å². The first-order chi connectivity index (χ1) is 23.5. The zero-order chi connectivity index (χ0) is 32.1. The minimum atomic E-state index is -0.287. The van der Waals surface area contributed by atoms with Gasteiger partial charge in [-0.2, -0.15) is 12.7 Å². The molecule has 5 heterocycles. The molecule has 0 saturated carbocycles. The molecule has 5 aromatic carbocycles. The molecule has 0 unspecified atom stereocenters. The third-order valence-corrected chi connectivity index (χ3v) is 9.93. The summed E-state index contributed by atoms with van der Waals surface area (Å²) in [5.74, 6) is 0.863. The quantitative estimate of drug-likeness (QED) is 0.166. The molecule has 2 aliphatic rings. The minimum absolute atomic E-state index is 0. The Morgan fingerprint density at radius 2 is 1.51 bits per heavy atom. The molecule has 0 N–H and O–H groups in total. The predicted molar refractivity (Wildman–Crippen MR) is 194 cm³/mol. The number of pyridine rings is 1. The predicted octanol–water partition coefficient (Wildman–Crippen LogP) is 10.1. The molecular formula is C42H30N5OPt-3. The van der Waals surface area contributed by atoms with Gasteiger partial charge in [-0.1, -0.05) is 102 Å². The third kappa shape index (κ3) is 4.27. The largest absolute Gasteiger partial charge is 0.514 e. The minimum Gasteiger partial charge on any atom is -0.514 e. The van der Waals surface area contributed by atoms with E-state index in [9.17, 15) is 0 Å². The van der Waals surface area contributed by atoms with Gasteiger partial charge in [-0.3, -0.25) is 0 Å². The maximum absolute atomic E-state index is 6.52. The molecule has 8 aromatic rings. The van der Waals surface area contributed by atoms with Gasteiger partial charge >= 0.3 is 0 Å². The first kappa shape index (κ1) is 29.8. The van der Waals surface area contributed by atoms with Crippen LogP contribution in [0, 0.1) is 18.8 Å². The molecule has 6 nitrogen and oxygen atoms in total. The fourth-order valence-corrected chi connectivity index (χ4v) is 7.64. The average Bonchev–Trinajstić information content (AvgIpc) is 3.81. The first-order valence-electron chi connectivity index (χ1n) is 16.2. The number of hydrogen-bond donors (Lipinski definition) is 0. The van der Waals surface area contributed by atoms with Gasteiger partial charge in [0.15, 0.2) is 0 Å². The number of hydrogen-bond acceptors (Lipinski definition) is 5. The van der Waals surface area contributed by atoms with Gasteiger partial charge in [-0.25, -0.2) is 4.98 Å². The van der Waals surface area contributed by atoms with Crippen LogP contribution in [0.25, 0.3) is 49.6 Å². The second-order valence-electron chi connectivity index (χ2n) is 13.1. The summed E-state index contributed by atoms with van der Waals surface area (Å²) in [4.78, 5) is 11.2. The van der Waals surface area contributed by atoms with Gasteiger partial charge in [0.25, 0.3) is 0 Å². The molecule has 49 heavy (non-hydrogen) atoms. The summed E-state index contributed by atoms with van der Waals surface area (Å²) < 4.78 is 8.75. The number of fused-ring (bicyclic) bond motifs is 8. The molecule has 0 fully saturated rings. The summed E-state index contributed by atoms with van der Waals surface area (Å²) in [6, 6.07) is 44.0. The summed E-state index contributed by atoms with van der Waals surface area (Å²) in [6.45, 7) is 6.69. The maximum atomic E-state index is 6.52. The standard InChI is InChI=1S/C42H30N5O.Pt/c1-42(2)32-14-6-8-16-35(32)46(27-22-31-29-13-5-9-17-39(29)48-41(31)38(23-27)45-21-20-44(3)26-45)37-25-36-30(24-33(37)42)28-12-4-7-15-34(28)47(36)40-18-10-11-19-43-40;/h4-22,24,26H,1-3H3;/q-3;. The van der Waals surface area contributed by atoms with Crippen molar-refractivity contribution in [2.75, 3.05) is 16.8 Å². The molecule has 3 aromatic heterocycles. The van der Waals surface area contributed by atoms with Crippen molar-refractivity contribution in [2.45, 2.75) is 19.3 Å². The van der Waals surface area contributed by atoms with E-state index in [4.69, 9.17) is 9.40 Å². The van der Waals surface area contributed by atoms with Crippen molar-refractivity contribution in [1.29, 1.82) is 0 Å². The van der Waals surface area contributed by atoms with E-state index in [2.05, 4.69) is 119 Å². The molecule has 10 rings (SSSR count). The van der Waals surface area contributed by atoms with Crippen LogP contribution in [-0.2, 0) is 26.5 Å². The number of furan rings is 1.